The molecule has 0 atom stereocenters. The number of hydrogen-bond donors (Lipinski definition) is 2. The van der Waals surface area contributed by atoms with Crippen molar-refractivity contribution in [2.75, 3.05) is 19.8 Å². The highest BCUT2D eigenvalue weighted by molar-refractivity contribution is 5.99. The van der Waals surface area contributed by atoms with E-state index < -0.39 is 0 Å². The summed E-state index contributed by atoms with van der Waals surface area (Å²) in [5.41, 5.74) is 7.11. The van der Waals surface area contributed by atoms with E-state index in [1.807, 2.05) is 26.0 Å². The molecule has 0 fully saturated rings. The number of benzene rings is 1. The molecule has 0 unspecified atom stereocenters. The number of amidine groups is 1. The Hall–Kier alpha value is -1.75. The van der Waals surface area contributed by atoms with Crippen molar-refractivity contribution in [3.8, 4) is 5.75 Å². The lowest BCUT2D eigenvalue weighted by Crippen LogP contribution is -2.16. The first kappa shape index (κ1) is 13.3. The predicted molar refractivity (Wildman–Crippen MR) is 65.7 cm³/mol. The van der Waals surface area contributed by atoms with Crippen LogP contribution in [-0.4, -0.2) is 30.9 Å². The van der Waals surface area contributed by atoms with Gasteiger partial charge in [0.1, 0.15) is 12.4 Å². The van der Waals surface area contributed by atoms with E-state index in [1.165, 1.54) is 0 Å². The van der Waals surface area contributed by atoms with Crippen molar-refractivity contribution in [3.05, 3.63) is 29.3 Å². The minimum atomic E-state index is 0.0418. The minimum absolute atomic E-state index is 0.0418. The number of para-hydroxylation sites is 1. The SMILES string of the molecule is CCOCCOc1c(C)cccc1/C(N)=N/O. The van der Waals surface area contributed by atoms with Crippen molar-refractivity contribution in [1.82, 2.24) is 0 Å². The number of oxime groups is 1. The Kier molecular flexibility index (Phi) is 5.29. The monoisotopic (exact) mass is 238 g/mol. The number of nitrogens with two attached hydrogens (primary N) is 1. The van der Waals surface area contributed by atoms with Gasteiger partial charge in [-0.05, 0) is 25.5 Å². The van der Waals surface area contributed by atoms with E-state index in [9.17, 15) is 0 Å². The second-order valence-electron chi connectivity index (χ2n) is 3.48. The molecule has 0 bridgehead atoms. The van der Waals surface area contributed by atoms with Crippen LogP contribution in [0.2, 0.25) is 0 Å². The summed E-state index contributed by atoms with van der Waals surface area (Å²) in [5, 5.41) is 11.7. The zero-order valence-electron chi connectivity index (χ0n) is 10.1. The van der Waals surface area contributed by atoms with Gasteiger partial charge in [-0.1, -0.05) is 17.3 Å². The molecule has 17 heavy (non-hydrogen) atoms. The Morgan fingerprint density at radius 3 is 2.82 bits per heavy atom. The van der Waals surface area contributed by atoms with E-state index >= 15 is 0 Å². The summed E-state index contributed by atoms with van der Waals surface area (Å²) in [6, 6.07) is 5.49. The molecule has 1 aromatic rings. The average molecular weight is 238 g/mol. The molecule has 3 N–H and O–H groups in total. The maximum absolute atomic E-state index is 8.70. The molecule has 94 valence electrons. The van der Waals surface area contributed by atoms with Gasteiger partial charge in [-0.3, -0.25) is 0 Å². The van der Waals surface area contributed by atoms with Crippen LogP contribution in [0.3, 0.4) is 0 Å². The van der Waals surface area contributed by atoms with Crippen LogP contribution in [0.5, 0.6) is 5.75 Å². The van der Waals surface area contributed by atoms with Gasteiger partial charge in [-0.15, -0.1) is 0 Å². The normalized spacial score (nSPS) is 11.5. The van der Waals surface area contributed by atoms with Crippen molar-refractivity contribution in [3.63, 3.8) is 0 Å². The summed E-state index contributed by atoms with van der Waals surface area (Å²) in [6.07, 6.45) is 0. The van der Waals surface area contributed by atoms with Gasteiger partial charge in [-0.2, -0.15) is 0 Å². The Labute approximate surface area is 101 Å². The van der Waals surface area contributed by atoms with Crippen molar-refractivity contribution in [2.24, 2.45) is 10.9 Å². The fraction of sp³-hybridized carbons (Fsp3) is 0.417. The number of rotatable bonds is 6. The summed E-state index contributed by atoms with van der Waals surface area (Å²) in [7, 11) is 0. The Bertz CT molecular complexity index is 391. The zero-order chi connectivity index (χ0) is 12.7. The van der Waals surface area contributed by atoms with Crippen molar-refractivity contribution in [1.29, 1.82) is 0 Å². The molecular formula is C12H18N2O3. The Morgan fingerprint density at radius 1 is 1.41 bits per heavy atom. The van der Waals surface area contributed by atoms with Gasteiger partial charge >= 0.3 is 0 Å². The van der Waals surface area contributed by atoms with Crippen LogP contribution in [0.1, 0.15) is 18.1 Å². The van der Waals surface area contributed by atoms with Gasteiger partial charge in [0.25, 0.3) is 0 Å². The van der Waals surface area contributed by atoms with E-state index in [4.69, 9.17) is 20.4 Å². The molecule has 5 nitrogen and oxygen atoms in total. The molecule has 0 amide bonds. The van der Waals surface area contributed by atoms with Gasteiger partial charge in [0.2, 0.25) is 0 Å². The van der Waals surface area contributed by atoms with Gasteiger partial charge < -0.3 is 20.4 Å². The first-order valence-corrected chi connectivity index (χ1v) is 5.48. The number of hydrogen-bond acceptors (Lipinski definition) is 4. The highest BCUT2D eigenvalue weighted by atomic mass is 16.5. The topological polar surface area (TPSA) is 77.1 Å². The first-order chi connectivity index (χ1) is 8.20. The Morgan fingerprint density at radius 2 is 2.18 bits per heavy atom. The second-order valence-corrected chi connectivity index (χ2v) is 3.48. The fourth-order valence-corrected chi connectivity index (χ4v) is 1.45. The highest BCUT2D eigenvalue weighted by Gasteiger charge is 2.10. The Balaban J connectivity index is 2.81. The molecule has 0 saturated carbocycles. The zero-order valence-corrected chi connectivity index (χ0v) is 10.1. The van der Waals surface area contributed by atoms with Gasteiger partial charge in [0, 0.05) is 6.61 Å². The van der Waals surface area contributed by atoms with Crippen LogP contribution < -0.4 is 10.5 Å². The van der Waals surface area contributed by atoms with Crippen LogP contribution in [0.25, 0.3) is 0 Å². The van der Waals surface area contributed by atoms with Gasteiger partial charge in [0.05, 0.1) is 12.2 Å². The third kappa shape index (κ3) is 3.64. The van der Waals surface area contributed by atoms with Gasteiger partial charge in [-0.25, -0.2) is 0 Å². The largest absolute Gasteiger partial charge is 0.490 e. The first-order valence-electron chi connectivity index (χ1n) is 5.48. The summed E-state index contributed by atoms with van der Waals surface area (Å²) in [6.45, 7) is 5.44. The van der Waals surface area contributed by atoms with Gasteiger partial charge in [0.15, 0.2) is 5.84 Å². The maximum atomic E-state index is 8.70. The number of aryl methyl sites for hydroxylation is 1. The van der Waals surface area contributed by atoms with Crippen LogP contribution in [-0.2, 0) is 4.74 Å². The molecule has 1 aromatic carbocycles. The fourth-order valence-electron chi connectivity index (χ4n) is 1.45. The quantitative estimate of drug-likeness (QED) is 0.259. The predicted octanol–water partition coefficient (Wildman–Crippen LogP) is 1.50. The summed E-state index contributed by atoms with van der Waals surface area (Å²) in [4.78, 5) is 0. The summed E-state index contributed by atoms with van der Waals surface area (Å²) < 4.78 is 10.8. The lowest BCUT2D eigenvalue weighted by Gasteiger charge is -2.13. The van der Waals surface area contributed by atoms with E-state index in [0.717, 1.165) is 5.56 Å². The smallest absolute Gasteiger partial charge is 0.173 e. The third-order valence-corrected chi connectivity index (χ3v) is 2.27. The molecule has 0 spiro atoms. The highest BCUT2D eigenvalue weighted by Crippen LogP contribution is 2.23. The third-order valence-electron chi connectivity index (χ3n) is 2.27. The molecule has 0 aliphatic heterocycles. The molecule has 0 saturated heterocycles. The molecule has 5 heteroatoms. The van der Waals surface area contributed by atoms with Crippen LogP contribution in [0, 0.1) is 6.92 Å². The molecule has 1 rings (SSSR count). The van der Waals surface area contributed by atoms with E-state index in [2.05, 4.69) is 5.16 Å². The minimum Gasteiger partial charge on any atom is -0.490 e. The van der Waals surface area contributed by atoms with E-state index in [1.54, 1.807) is 6.07 Å². The van der Waals surface area contributed by atoms with E-state index in [-0.39, 0.29) is 5.84 Å². The van der Waals surface area contributed by atoms with Crippen molar-refractivity contribution >= 4 is 5.84 Å². The molecule has 0 radical (unpaired) electrons. The molecule has 0 aliphatic carbocycles. The summed E-state index contributed by atoms with van der Waals surface area (Å²) in [5.74, 6) is 0.669. The number of ether oxygens (including phenoxy) is 2. The molecular weight excluding hydrogens is 220 g/mol. The van der Waals surface area contributed by atoms with Crippen molar-refractivity contribution < 1.29 is 14.7 Å². The lowest BCUT2D eigenvalue weighted by molar-refractivity contribution is 0.110. The number of nitrogens with zero attached hydrogens (tertiary/aromatic N) is 1. The standard InChI is InChI=1S/C12H18N2O3/c1-3-16-7-8-17-11-9(2)5-4-6-10(11)12(13)14-15/h4-6,15H,3,7-8H2,1-2H3,(H2,13,14). The van der Waals surface area contributed by atoms with Crippen LogP contribution in [0.15, 0.2) is 23.4 Å². The van der Waals surface area contributed by atoms with E-state index in [0.29, 0.717) is 31.1 Å². The molecule has 0 aromatic heterocycles. The maximum Gasteiger partial charge on any atom is 0.173 e. The summed E-state index contributed by atoms with van der Waals surface area (Å²) >= 11 is 0. The second kappa shape index (κ2) is 6.75. The van der Waals surface area contributed by atoms with Crippen LogP contribution >= 0.6 is 0 Å². The molecule has 0 heterocycles. The average Bonchev–Trinajstić information content (AvgIpc) is 2.35. The van der Waals surface area contributed by atoms with Crippen LogP contribution in [0.4, 0.5) is 0 Å². The lowest BCUT2D eigenvalue weighted by atomic mass is 10.1. The van der Waals surface area contributed by atoms with Crippen molar-refractivity contribution in [2.45, 2.75) is 13.8 Å². The molecule has 0 aliphatic rings.